The number of para-hydroxylation sites is 2. The molecule has 5 aromatic carbocycles. The lowest BCUT2D eigenvalue weighted by atomic mass is 9.88. The summed E-state index contributed by atoms with van der Waals surface area (Å²) in [6.07, 6.45) is 0. The van der Waals surface area contributed by atoms with E-state index in [1.165, 1.54) is 48.1 Å². The van der Waals surface area contributed by atoms with Gasteiger partial charge in [0, 0.05) is 27.1 Å². The zero-order valence-electron chi connectivity index (χ0n) is 26.8. The van der Waals surface area contributed by atoms with E-state index in [1.807, 2.05) is 25.2 Å². The number of imidazole rings is 1. The molecule has 7 rings (SSSR count). The number of nitrogens with zero attached hydrogens (tertiary/aromatic N) is 2. The van der Waals surface area contributed by atoms with Gasteiger partial charge in [0.1, 0.15) is 5.82 Å². The molecule has 2 heterocycles. The topological polar surface area (TPSA) is 17.8 Å². The molecule has 0 aliphatic carbocycles. The largest absolute Gasteiger partial charge is 0.292 e. The van der Waals surface area contributed by atoms with E-state index in [4.69, 9.17) is 6.35 Å². The van der Waals surface area contributed by atoms with E-state index in [-0.39, 0.29) is 0 Å². The number of aromatic nitrogens is 2. The number of thiophene rings is 1. The van der Waals surface area contributed by atoms with Crippen molar-refractivity contribution in [3.05, 3.63) is 120 Å². The van der Waals surface area contributed by atoms with Gasteiger partial charge in [0.25, 0.3) is 0 Å². The van der Waals surface area contributed by atoms with E-state index in [0.717, 1.165) is 28.0 Å². The first-order valence-electron chi connectivity index (χ1n) is 15.8. The van der Waals surface area contributed by atoms with E-state index < -0.39 is 5.89 Å². The lowest BCUT2D eigenvalue weighted by Crippen LogP contribution is -2.09. The lowest BCUT2D eigenvalue weighted by Gasteiger charge is -2.24. The maximum Gasteiger partial charge on any atom is 0.147 e. The molecule has 0 bridgehead atoms. The van der Waals surface area contributed by atoms with Crippen molar-refractivity contribution in [1.82, 2.24) is 9.55 Å². The minimum absolute atomic E-state index is 0.312. The predicted molar refractivity (Wildman–Crippen MR) is 187 cm³/mol. The van der Waals surface area contributed by atoms with Crippen LogP contribution in [0, 0.1) is 0 Å². The Morgan fingerprint density at radius 3 is 2.07 bits per heavy atom. The van der Waals surface area contributed by atoms with Crippen LogP contribution in [-0.2, 0) is 0 Å². The van der Waals surface area contributed by atoms with Gasteiger partial charge in [-0.1, -0.05) is 108 Å². The standard InChI is InChI=1S/C40H38N2S/c1-24(2)28-19-20-30-31-15-12-16-32(39(31)43-37(30)23-28)40-41-35-17-10-11-18-36(35)42(40)38-33(25(3)4)21-29(22-34(38)26(5)6)27-13-8-7-9-14-27/h7-26H,1-6H3/i24D. The summed E-state index contributed by atoms with van der Waals surface area (Å²) in [5, 5.41) is 2.48. The molecule has 0 radical (unpaired) electrons. The average molecular weight is 580 g/mol. The Hall–Kier alpha value is -4.21. The van der Waals surface area contributed by atoms with Crippen molar-refractivity contribution in [3.63, 3.8) is 0 Å². The highest BCUT2D eigenvalue weighted by atomic mass is 32.1. The minimum atomic E-state index is -0.645. The van der Waals surface area contributed by atoms with Crippen LogP contribution in [0.5, 0.6) is 0 Å². The van der Waals surface area contributed by atoms with Crippen molar-refractivity contribution in [2.45, 2.75) is 59.3 Å². The summed E-state index contributed by atoms with van der Waals surface area (Å²) in [6.45, 7) is 13.1. The molecule has 0 aliphatic heterocycles. The van der Waals surface area contributed by atoms with Gasteiger partial charge in [0.15, 0.2) is 0 Å². The zero-order chi connectivity index (χ0) is 30.7. The lowest BCUT2D eigenvalue weighted by molar-refractivity contribution is 0.812. The predicted octanol–water partition coefficient (Wildman–Crippen LogP) is 12.1. The van der Waals surface area contributed by atoms with Gasteiger partial charge in [-0.25, -0.2) is 4.98 Å². The molecule has 0 N–H and O–H groups in total. The molecule has 0 amide bonds. The quantitative estimate of drug-likeness (QED) is 0.192. The Labute approximate surface area is 260 Å². The van der Waals surface area contributed by atoms with Gasteiger partial charge in [0.2, 0.25) is 0 Å². The summed E-state index contributed by atoms with van der Waals surface area (Å²) < 4.78 is 13.5. The summed E-state index contributed by atoms with van der Waals surface area (Å²) in [6, 6.07) is 37.2. The van der Waals surface area contributed by atoms with Gasteiger partial charge in [-0.15, -0.1) is 11.3 Å². The van der Waals surface area contributed by atoms with E-state index in [0.29, 0.717) is 11.8 Å². The van der Waals surface area contributed by atoms with E-state index in [2.05, 4.69) is 135 Å². The number of benzene rings is 5. The Kier molecular flexibility index (Phi) is 6.64. The van der Waals surface area contributed by atoms with E-state index in [9.17, 15) is 0 Å². The highest BCUT2D eigenvalue weighted by molar-refractivity contribution is 7.26. The first kappa shape index (κ1) is 26.4. The van der Waals surface area contributed by atoms with Crippen molar-refractivity contribution < 1.29 is 1.37 Å². The highest BCUT2D eigenvalue weighted by Gasteiger charge is 2.25. The third kappa shape index (κ3) is 4.67. The zero-order valence-corrected chi connectivity index (χ0v) is 26.6. The number of fused-ring (bicyclic) bond motifs is 4. The van der Waals surface area contributed by atoms with Gasteiger partial charge in [0.05, 0.1) is 16.7 Å². The highest BCUT2D eigenvalue weighted by Crippen LogP contribution is 2.44. The fraction of sp³-hybridized carbons (Fsp3) is 0.225. The molecule has 0 atom stereocenters. The van der Waals surface area contributed by atoms with E-state index >= 15 is 0 Å². The molecule has 2 aromatic heterocycles. The maximum absolute atomic E-state index is 8.62. The number of rotatable bonds is 6. The normalized spacial score (nSPS) is 12.7. The molecule has 0 spiro atoms. The third-order valence-electron chi connectivity index (χ3n) is 8.62. The molecule has 0 saturated carbocycles. The van der Waals surface area contributed by atoms with Gasteiger partial charge < -0.3 is 0 Å². The monoisotopic (exact) mass is 579 g/mol. The summed E-state index contributed by atoms with van der Waals surface area (Å²) in [4.78, 5) is 5.36. The molecule has 43 heavy (non-hydrogen) atoms. The van der Waals surface area contributed by atoms with Crippen LogP contribution >= 0.6 is 11.3 Å². The fourth-order valence-electron chi connectivity index (χ4n) is 6.33. The average Bonchev–Trinajstić information content (AvgIpc) is 3.58. The first-order valence-corrected chi connectivity index (χ1v) is 16.1. The Morgan fingerprint density at radius 1 is 0.674 bits per heavy atom. The minimum Gasteiger partial charge on any atom is -0.292 e. The maximum atomic E-state index is 8.62. The third-order valence-corrected chi connectivity index (χ3v) is 9.82. The van der Waals surface area contributed by atoms with E-state index in [1.54, 1.807) is 0 Å². The SMILES string of the molecule is [2H]C(C)(C)c1ccc2c(c1)sc1c(-c3nc4ccccc4n3-c3c(C(C)C)cc(-c4ccccc4)cc3C(C)C)cccc12. The van der Waals surface area contributed by atoms with Crippen molar-refractivity contribution in [1.29, 1.82) is 0 Å². The number of hydrogen-bond acceptors (Lipinski definition) is 2. The second kappa shape index (κ2) is 10.8. The fourth-order valence-corrected chi connectivity index (χ4v) is 7.59. The molecular formula is C40H38N2S. The van der Waals surface area contributed by atoms with Crippen molar-refractivity contribution >= 4 is 42.5 Å². The molecule has 214 valence electrons. The van der Waals surface area contributed by atoms with Gasteiger partial charge in [-0.2, -0.15) is 0 Å². The Bertz CT molecular complexity index is 2130. The second-order valence-corrected chi connectivity index (χ2v) is 13.5. The summed E-state index contributed by atoms with van der Waals surface area (Å²) in [7, 11) is 0. The molecule has 0 saturated heterocycles. The molecule has 0 unspecified atom stereocenters. The molecule has 0 aliphatic rings. The smallest absolute Gasteiger partial charge is 0.147 e. The van der Waals surface area contributed by atoms with Gasteiger partial charge in [-0.3, -0.25) is 4.57 Å². The molecule has 2 nitrogen and oxygen atoms in total. The van der Waals surface area contributed by atoms with Crippen molar-refractivity contribution in [2.24, 2.45) is 0 Å². The Balaban J connectivity index is 1.56. The van der Waals surface area contributed by atoms with Crippen LogP contribution in [0.3, 0.4) is 0 Å². The molecular weight excluding hydrogens is 541 g/mol. The van der Waals surface area contributed by atoms with Crippen LogP contribution in [0.2, 0.25) is 0 Å². The van der Waals surface area contributed by atoms with Crippen LogP contribution < -0.4 is 0 Å². The Morgan fingerprint density at radius 2 is 1.37 bits per heavy atom. The van der Waals surface area contributed by atoms with Gasteiger partial charge >= 0.3 is 0 Å². The molecule has 3 heteroatoms. The second-order valence-electron chi connectivity index (χ2n) is 12.4. The van der Waals surface area contributed by atoms with Crippen molar-refractivity contribution in [3.8, 4) is 28.2 Å². The molecule has 0 fully saturated rings. The number of hydrogen-bond donors (Lipinski definition) is 0. The van der Waals surface area contributed by atoms with Crippen LogP contribution in [0.4, 0.5) is 0 Å². The first-order chi connectivity index (χ1) is 21.1. The molecule has 7 aromatic rings. The van der Waals surface area contributed by atoms with Crippen molar-refractivity contribution in [2.75, 3.05) is 0 Å². The summed E-state index contributed by atoms with van der Waals surface area (Å²) >= 11 is 1.81. The summed E-state index contributed by atoms with van der Waals surface area (Å²) in [5.74, 6) is 0.952. The van der Waals surface area contributed by atoms with Crippen LogP contribution in [0.15, 0.2) is 103 Å². The van der Waals surface area contributed by atoms with Crippen LogP contribution in [0.1, 0.15) is 77.3 Å². The van der Waals surface area contributed by atoms with Crippen LogP contribution in [-0.4, -0.2) is 9.55 Å². The summed E-state index contributed by atoms with van der Waals surface area (Å²) in [5.41, 5.74) is 10.7. The van der Waals surface area contributed by atoms with Crippen LogP contribution in [0.25, 0.3) is 59.4 Å². The van der Waals surface area contributed by atoms with Gasteiger partial charge in [-0.05, 0) is 81.9 Å².